The van der Waals surface area contributed by atoms with Crippen molar-refractivity contribution < 1.29 is 4.79 Å². The van der Waals surface area contributed by atoms with Crippen LogP contribution in [0.4, 0.5) is 0 Å². The number of rotatable bonds is 2. The molecule has 0 aliphatic heterocycles. The molecule has 2 heteroatoms. The zero-order valence-electron chi connectivity index (χ0n) is 7.62. The number of nitrogens with zero attached hydrogens (tertiary/aromatic N) is 1. The normalized spacial score (nSPS) is 16.2. The second kappa shape index (κ2) is 4.58. The van der Waals surface area contributed by atoms with Crippen LogP contribution in [-0.4, -0.2) is 23.4 Å². The molecular formula is C11H13NO. The van der Waals surface area contributed by atoms with E-state index in [0.29, 0.717) is 6.54 Å². The van der Waals surface area contributed by atoms with Crippen molar-refractivity contribution in [3.05, 3.63) is 0 Å². The topological polar surface area (TPSA) is 20.3 Å². The van der Waals surface area contributed by atoms with Gasteiger partial charge in [-0.05, 0) is 18.8 Å². The molecule has 0 spiro atoms. The Morgan fingerprint density at radius 1 is 1.38 bits per heavy atom. The molecule has 1 aliphatic rings. The Labute approximate surface area is 79.3 Å². The van der Waals surface area contributed by atoms with Crippen LogP contribution in [0.15, 0.2) is 0 Å². The number of carbonyl (C=O) groups excluding carboxylic acids is 1. The summed E-state index contributed by atoms with van der Waals surface area (Å²) in [5, 5.41) is 0. The maximum Gasteiger partial charge on any atom is 0.299 e. The molecule has 13 heavy (non-hydrogen) atoms. The van der Waals surface area contributed by atoms with Gasteiger partial charge in [-0.3, -0.25) is 4.79 Å². The van der Waals surface area contributed by atoms with Crippen LogP contribution in [-0.2, 0) is 4.79 Å². The summed E-state index contributed by atoms with van der Waals surface area (Å²) in [5.74, 6) is 4.31. The van der Waals surface area contributed by atoms with Crippen LogP contribution in [0.3, 0.4) is 0 Å². The fourth-order valence-corrected chi connectivity index (χ4v) is 1.76. The summed E-state index contributed by atoms with van der Waals surface area (Å²) in [7, 11) is 0. The summed E-state index contributed by atoms with van der Waals surface area (Å²) < 4.78 is 0. The van der Waals surface area contributed by atoms with E-state index >= 15 is 0 Å². The predicted molar refractivity (Wildman–Crippen MR) is 51.6 cm³/mol. The van der Waals surface area contributed by atoms with E-state index in [-0.39, 0.29) is 11.9 Å². The summed E-state index contributed by atoms with van der Waals surface area (Å²) >= 11 is 0. The minimum Gasteiger partial charge on any atom is -0.318 e. The molecule has 1 saturated carbocycles. The molecule has 0 aromatic heterocycles. The first kappa shape index (κ1) is 9.68. The van der Waals surface area contributed by atoms with Gasteiger partial charge < -0.3 is 4.90 Å². The average Bonchev–Trinajstić information content (AvgIpc) is 2.65. The van der Waals surface area contributed by atoms with Gasteiger partial charge in [-0.25, -0.2) is 0 Å². The van der Waals surface area contributed by atoms with Gasteiger partial charge in [-0.15, -0.1) is 12.8 Å². The molecule has 0 radical (unpaired) electrons. The van der Waals surface area contributed by atoms with Gasteiger partial charge in [0.2, 0.25) is 0 Å². The standard InChI is InChI=1S/C11H13NO/c1-3-9-12(11(13)4-2)10-7-5-6-8-10/h1-2,10H,5-9H2. The number of terminal acetylenes is 2. The zero-order chi connectivity index (χ0) is 9.68. The summed E-state index contributed by atoms with van der Waals surface area (Å²) in [4.78, 5) is 12.9. The van der Waals surface area contributed by atoms with Gasteiger partial charge in [0.25, 0.3) is 5.91 Å². The van der Waals surface area contributed by atoms with Crippen LogP contribution in [0.2, 0.25) is 0 Å². The van der Waals surface area contributed by atoms with Gasteiger partial charge in [0.1, 0.15) is 0 Å². The van der Waals surface area contributed by atoms with Crippen molar-refractivity contribution in [2.45, 2.75) is 31.7 Å². The fourth-order valence-electron chi connectivity index (χ4n) is 1.76. The van der Waals surface area contributed by atoms with Crippen molar-refractivity contribution in [3.8, 4) is 24.7 Å². The largest absolute Gasteiger partial charge is 0.318 e. The molecule has 1 rings (SSSR count). The summed E-state index contributed by atoms with van der Waals surface area (Å²) in [6.45, 7) is 0.341. The van der Waals surface area contributed by atoms with E-state index in [1.165, 1.54) is 12.8 Å². The van der Waals surface area contributed by atoms with Gasteiger partial charge in [-0.1, -0.05) is 18.8 Å². The third kappa shape index (κ3) is 2.26. The van der Waals surface area contributed by atoms with Crippen molar-refractivity contribution in [3.63, 3.8) is 0 Å². The summed E-state index contributed by atoms with van der Waals surface area (Å²) in [5.41, 5.74) is 0. The number of hydrogen-bond donors (Lipinski definition) is 0. The number of amides is 1. The lowest BCUT2D eigenvalue weighted by atomic mass is 10.2. The highest BCUT2D eigenvalue weighted by atomic mass is 16.2. The molecule has 0 saturated heterocycles. The summed E-state index contributed by atoms with van der Waals surface area (Å²) in [6, 6.07) is 0.277. The van der Waals surface area contributed by atoms with Gasteiger partial charge in [0, 0.05) is 6.04 Å². The maximum atomic E-state index is 11.3. The Morgan fingerprint density at radius 2 is 2.00 bits per heavy atom. The average molecular weight is 175 g/mol. The second-order valence-corrected chi connectivity index (χ2v) is 3.22. The number of hydrogen-bond acceptors (Lipinski definition) is 1. The van der Waals surface area contributed by atoms with E-state index in [9.17, 15) is 4.79 Å². The predicted octanol–water partition coefficient (Wildman–Crippen LogP) is 1.02. The van der Waals surface area contributed by atoms with Gasteiger partial charge >= 0.3 is 0 Å². The molecule has 0 bridgehead atoms. The van der Waals surface area contributed by atoms with Crippen LogP contribution in [0.25, 0.3) is 0 Å². The van der Waals surface area contributed by atoms with Crippen molar-refractivity contribution >= 4 is 5.91 Å². The Balaban J connectivity index is 2.62. The second-order valence-electron chi connectivity index (χ2n) is 3.22. The molecule has 0 atom stereocenters. The fraction of sp³-hybridized carbons (Fsp3) is 0.545. The summed E-state index contributed by atoms with van der Waals surface area (Å²) in [6.07, 6.45) is 14.7. The monoisotopic (exact) mass is 175 g/mol. The van der Waals surface area contributed by atoms with E-state index in [1.807, 2.05) is 0 Å². The van der Waals surface area contributed by atoms with E-state index in [2.05, 4.69) is 11.8 Å². The van der Waals surface area contributed by atoms with Gasteiger partial charge in [-0.2, -0.15) is 0 Å². The zero-order valence-corrected chi connectivity index (χ0v) is 7.62. The molecule has 0 heterocycles. The molecule has 1 fully saturated rings. The highest BCUT2D eigenvalue weighted by Crippen LogP contribution is 2.23. The first-order chi connectivity index (χ1) is 6.29. The third-order valence-electron chi connectivity index (χ3n) is 2.41. The van der Waals surface area contributed by atoms with Crippen molar-refractivity contribution in [1.29, 1.82) is 0 Å². The first-order valence-electron chi connectivity index (χ1n) is 4.50. The molecule has 0 unspecified atom stereocenters. The smallest absolute Gasteiger partial charge is 0.299 e. The Kier molecular flexibility index (Phi) is 3.41. The van der Waals surface area contributed by atoms with Crippen LogP contribution in [0.5, 0.6) is 0 Å². The lowest BCUT2D eigenvalue weighted by Crippen LogP contribution is -2.38. The molecule has 2 nitrogen and oxygen atoms in total. The number of carbonyl (C=O) groups is 1. The molecule has 0 aromatic carbocycles. The minimum absolute atomic E-state index is 0.273. The third-order valence-corrected chi connectivity index (χ3v) is 2.41. The Hall–Kier alpha value is -1.41. The van der Waals surface area contributed by atoms with Crippen molar-refractivity contribution in [1.82, 2.24) is 4.90 Å². The lowest BCUT2D eigenvalue weighted by Gasteiger charge is -2.24. The van der Waals surface area contributed by atoms with Crippen molar-refractivity contribution in [2.75, 3.05) is 6.54 Å². The van der Waals surface area contributed by atoms with E-state index in [1.54, 1.807) is 4.90 Å². The Morgan fingerprint density at radius 3 is 2.46 bits per heavy atom. The van der Waals surface area contributed by atoms with Crippen LogP contribution < -0.4 is 0 Å². The van der Waals surface area contributed by atoms with E-state index in [4.69, 9.17) is 12.8 Å². The molecule has 0 aromatic rings. The molecule has 68 valence electrons. The van der Waals surface area contributed by atoms with Crippen LogP contribution in [0.1, 0.15) is 25.7 Å². The van der Waals surface area contributed by atoms with Crippen LogP contribution >= 0.6 is 0 Å². The van der Waals surface area contributed by atoms with Gasteiger partial charge in [0.05, 0.1) is 6.54 Å². The molecule has 1 amide bonds. The molecule has 0 N–H and O–H groups in total. The quantitative estimate of drug-likeness (QED) is 0.574. The van der Waals surface area contributed by atoms with Crippen LogP contribution in [0, 0.1) is 24.7 Å². The first-order valence-corrected chi connectivity index (χ1v) is 4.50. The molecular weight excluding hydrogens is 162 g/mol. The maximum absolute atomic E-state index is 11.3. The molecule has 1 aliphatic carbocycles. The van der Waals surface area contributed by atoms with E-state index in [0.717, 1.165) is 12.8 Å². The highest BCUT2D eigenvalue weighted by molar-refractivity contribution is 5.93. The highest BCUT2D eigenvalue weighted by Gasteiger charge is 2.24. The van der Waals surface area contributed by atoms with Crippen molar-refractivity contribution in [2.24, 2.45) is 0 Å². The van der Waals surface area contributed by atoms with E-state index < -0.39 is 0 Å². The SMILES string of the molecule is C#CCN(C(=O)C#C)C1CCCC1. The Bertz CT molecular complexity index is 263. The lowest BCUT2D eigenvalue weighted by molar-refractivity contribution is -0.126. The van der Waals surface area contributed by atoms with Gasteiger partial charge in [0.15, 0.2) is 0 Å². The minimum atomic E-state index is -0.273.